The standard InChI is InChI=1S/3C7H6O6S.Ce/c3*8-7(9)5-3-1-2-4-6(5)13-14(10,11)12;/h3*1-4H,(H,8,9)(H,10,11,12);/q;;;+3/p-3. The Balaban J connectivity index is 0.000000608. The molecule has 3 aromatic rings. The molecule has 0 saturated heterocycles. The molecule has 0 aromatic heterocycles. The van der Waals surface area contributed by atoms with E-state index in [0.717, 1.165) is 36.4 Å². The van der Waals surface area contributed by atoms with Gasteiger partial charge in [-0.1, -0.05) is 36.4 Å². The molecule has 0 atom stereocenters. The van der Waals surface area contributed by atoms with E-state index >= 15 is 0 Å². The van der Waals surface area contributed by atoms with Crippen molar-refractivity contribution in [2.24, 2.45) is 0 Å². The maximum atomic E-state index is 10.4. The largest absolute Gasteiger partial charge is 3.00 e. The summed E-state index contributed by atoms with van der Waals surface area (Å²) in [5.74, 6) is -6.25. The fourth-order valence-corrected chi connectivity index (χ4v) is 3.58. The first-order chi connectivity index (χ1) is 19.2. The normalized spacial score (nSPS) is 10.7. The van der Waals surface area contributed by atoms with Crippen molar-refractivity contribution in [3.05, 3.63) is 89.5 Å². The summed E-state index contributed by atoms with van der Waals surface area (Å²) < 4.78 is 98.7. The Hall–Kier alpha value is -3.42. The topological polar surface area (TPSA) is 311 Å². The molecule has 0 aliphatic heterocycles. The second-order valence-corrected chi connectivity index (χ2v) is 9.95. The van der Waals surface area contributed by atoms with Crippen LogP contribution in [0.25, 0.3) is 0 Å². The Labute approximate surface area is 276 Å². The van der Waals surface area contributed by atoms with E-state index in [1.807, 2.05) is 0 Å². The molecule has 3 rings (SSSR count). The first-order valence-electron chi connectivity index (χ1n) is 10.1. The van der Waals surface area contributed by atoms with E-state index in [2.05, 4.69) is 12.5 Å². The van der Waals surface area contributed by atoms with E-state index in [-0.39, 0.29) is 41.7 Å². The zero-order valence-corrected chi connectivity index (χ0v) is 26.2. The molecule has 3 N–H and O–H groups in total. The molecule has 3 aromatic carbocycles. The molecular formula is C21H15CeO18S3. The van der Waals surface area contributed by atoms with Crippen molar-refractivity contribution < 1.29 is 123 Å². The van der Waals surface area contributed by atoms with Crippen molar-refractivity contribution >= 4 is 49.1 Å². The third-order valence-electron chi connectivity index (χ3n) is 3.91. The smallest absolute Gasteiger partial charge is 0.545 e. The molecule has 0 spiro atoms. The zero-order chi connectivity index (χ0) is 32.3. The summed E-state index contributed by atoms with van der Waals surface area (Å²) in [6.45, 7) is 0. The van der Waals surface area contributed by atoms with Gasteiger partial charge in [0.2, 0.25) is 0 Å². The number of carboxylic acids is 3. The molecule has 0 bridgehead atoms. The maximum absolute atomic E-state index is 10.4. The van der Waals surface area contributed by atoms with Crippen molar-refractivity contribution in [3.63, 3.8) is 0 Å². The van der Waals surface area contributed by atoms with E-state index in [0.29, 0.717) is 0 Å². The maximum Gasteiger partial charge on any atom is 3.00 e. The minimum Gasteiger partial charge on any atom is -0.545 e. The number of hydrogen-bond donors (Lipinski definition) is 3. The van der Waals surface area contributed by atoms with E-state index < -0.39 is 83.0 Å². The summed E-state index contributed by atoms with van der Waals surface area (Å²) >= 11 is 0. The summed E-state index contributed by atoms with van der Waals surface area (Å²) in [5.41, 5.74) is -1.36. The van der Waals surface area contributed by atoms with Crippen LogP contribution in [0.4, 0.5) is 0 Å². The van der Waals surface area contributed by atoms with Gasteiger partial charge in [-0.15, -0.1) is 0 Å². The number of carbonyl (C=O) groups is 3. The fourth-order valence-electron chi connectivity index (χ4n) is 2.46. The van der Waals surface area contributed by atoms with Gasteiger partial charge >= 0.3 is 72.9 Å². The number of carbonyl (C=O) groups excluding carboxylic acids is 3. The molecule has 1 radical (unpaired) electrons. The molecule has 0 amide bonds. The average Bonchev–Trinajstić information content (AvgIpc) is 2.82. The van der Waals surface area contributed by atoms with Crippen LogP contribution in [0.2, 0.25) is 0 Å². The molecule has 229 valence electrons. The van der Waals surface area contributed by atoms with Gasteiger partial charge in [0.25, 0.3) is 0 Å². The Morgan fingerprint density at radius 3 is 0.814 bits per heavy atom. The quantitative estimate of drug-likeness (QED) is 0.192. The summed E-state index contributed by atoms with van der Waals surface area (Å²) in [5, 5.41) is 31.3. The summed E-state index contributed by atoms with van der Waals surface area (Å²) in [6, 6.07) is 14.7. The van der Waals surface area contributed by atoms with Crippen molar-refractivity contribution in [2.75, 3.05) is 0 Å². The second kappa shape index (κ2) is 17.0. The van der Waals surface area contributed by atoms with Crippen LogP contribution in [-0.2, 0) is 31.2 Å². The van der Waals surface area contributed by atoms with Gasteiger partial charge in [-0.2, -0.15) is 25.3 Å². The van der Waals surface area contributed by atoms with Gasteiger partial charge in [0.05, 0.1) is 17.9 Å². The summed E-state index contributed by atoms with van der Waals surface area (Å²) in [4.78, 5) is 31.3. The molecular weight excluding hydrogens is 777 g/mol. The molecule has 0 aliphatic rings. The van der Waals surface area contributed by atoms with Gasteiger partial charge in [-0.25, -0.2) is 0 Å². The molecule has 22 heteroatoms. The third kappa shape index (κ3) is 16.1. The van der Waals surface area contributed by atoms with Crippen LogP contribution in [0.5, 0.6) is 17.2 Å². The van der Waals surface area contributed by atoms with Crippen LogP contribution in [0.1, 0.15) is 31.1 Å². The number of hydrogen-bond acceptors (Lipinski definition) is 15. The number of rotatable bonds is 9. The number of benzene rings is 3. The first-order valence-corrected chi connectivity index (χ1v) is 14.2. The molecule has 0 aliphatic carbocycles. The molecule has 18 nitrogen and oxygen atoms in total. The summed E-state index contributed by atoms with van der Waals surface area (Å²) in [6.07, 6.45) is 0. The number of aromatic carboxylic acids is 3. The van der Waals surface area contributed by atoms with Crippen molar-refractivity contribution in [1.82, 2.24) is 0 Å². The molecule has 0 fully saturated rings. The second-order valence-electron chi connectivity index (χ2n) is 6.88. The fraction of sp³-hybridized carbons (Fsp3) is 0. The number of carboxylic acid groups (broad SMARTS) is 3. The van der Waals surface area contributed by atoms with Gasteiger partial charge in [0, 0.05) is 16.7 Å². The average molecular weight is 792 g/mol. The monoisotopic (exact) mass is 791 g/mol. The summed E-state index contributed by atoms with van der Waals surface area (Å²) in [7, 11) is -14.2. The molecule has 43 heavy (non-hydrogen) atoms. The van der Waals surface area contributed by atoms with Crippen LogP contribution < -0.4 is 27.9 Å². The van der Waals surface area contributed by atoms with Crippen LogP contribution in [-0.4, -0.2) is 56.8 Å². The molecule has 0 saturated carbocycles. The van der Waals surface area contributed by atoms with Gasteiger partial charge < -0.3 is 42.3 Å². The van der Waals surface area contributed by atoms with E-state index in [4.69, 9.17) is 13.7 Å². The van der Waals surface area contributed by atoms with Crippen molar-refractivity contribution in [3.8, 4) is 17.2 Å². The molecule has 0 unspecified atom stereocenters. The first kappa shape index (κ1) is 39.6. The Bertz CT molecular complexity index is 1560. The van der Waals surface area contributed by atoms with Crippen LogP contribution in [0.15, 0.2) is 72.8 Å². The zero-order valence-electron chi connectivity index (χ0n) is 20.6. The Kier molecular flexibility index (Phi) is 15.7. The Morgan fingerprint density at radius 1 is 0.465 bits per heavy atom. The van der Waals surface area contributed by atoms with Gasteiger partial charge in [0.1, 0.15) is 0 Å². The van der Waals surface area contributed by atoms with E-state index in [1.54, 1.807) is 0 Å². The van der Waals surface area contributed by atoms with Gasteiger partial charge in [-0.05, 0) is 36.4 Å². The predicted molar refractivity (Wildman–Crippen MR) is 129 cm³/mol. The van der Waals surface area contributed by atoms with Crippen molar-refractivity contribution in [1.29, 1.82) is 0 Å². The minimum atomic E-state index is -4.72. The Morgan fingerprint density at radius 2 is 0.651 bits per heavy atom. The third-order valence-corrected chi connectivity index (χ3v) is 5.08. The van der Waals surface area contributed by atoms with Gasteiger partial charge in [-0.3, -0.25) is 13.7 Å². The minimum absolute atomic E-state index is 0. The van der Waals surface area contributed by atoms with Crippen molar-refractivity contribution in [2.45, 2.75) is 0 Å². The molecule has 0 heterocycles. The van der Waals surface area contributed by atoms with Gasteiger partial charge in [0.15, 0.2) is 17.2 Å². The van der Waals surface area contributed by atoms with Crippen LogP contribution in [0.3, 0.4) is 0 Å². The van der Waals surface area contributed by atoms with E-state index in [9.17, 15) is 55.0 Å². The van der Waals surface area contributed by atoms with Crippen LogP contribution in [0, 0.1) is 41.7 Å². The SMILES string of the molecule is O=C([O-])c1ccccc1OS(=O)(=O)O.O=C([O-])c1ccccc1OS(=O)(=O)O.O=C([O-])c1ccccc1OS(=O)(=O)O.[Ce+3]. The number of para-hydroxylation sites is 3. The predicted octanol–water partition coefficient (Wildman–Crippen LogP) is -2.30. The van der Waals surface area contributed by atoms with Crippen LogP contribution >= 0.6 is 0 Å². The van der Waals surface area contributed by atoms with E-state index in [1.165, 1.54) is 36.4 Å².